The molecule has 6 nitrogen and oxygen atoms in total. The van der Waals surface area contributed by atoms with Crippen LogP contribution in [0, 0.1) is 0 Å². The predicted molar refractivity (Wildman–Crippen MR) is 112 cm³/mol. The molecule has 1 aliphatic carbocycles. The Kier molecular flexibility index (Phi) is 6.62. The van der Waals surface area contributed by atoms with E-state index in [-0.39, 0.29) is 12.2 Å². The van der Waals surface area contributed by atoms with Gasteiger partial charge < -0.3 is 19.3 Å². The number of methoxy groups -OCH3 is 1. The minimum atomic E-state index is -0.278. The van der Waals surface area contributed by atoms with Gasteiger partial charge in [0, 0.05) is 24.2 Å². The second-order valence-electron chi connectivity index (χ2n) is 8.24. The zero-order chi connectivity index (χ0) is 20.3. The fourth-order valence-corrected chi connectivity index (χ4v) is 3.98. The Morgan fingerprint density at radius 3 is 2.46 bits per heavy atom. The average Bonchev–Trinajstić information content (AvgIpc) is 3.04. The normalized spacial score (nSPS) is 20.1. The van der Waals surface area contributed by atoms with E-state index in [0.29, 0.717) is 6.04 Å². The van der Waals surface area contributed by atoms with E-state index in [0.717, 1.165) is 60.9 Å². The van der Waals surface area contributed by atoms with Crippen molar-refractivity contribution in [3.05, 3.63) is 30.0 Å². The zero-order valence-corrected chi connectivity index (χ0v) is 17.8. The number of aromatic nitrogens is 1. The van der Waals surface area contributed by atoms with Crippen LogP contribution in [0.2, 0.25) is 0 Å². The molecule has 1 fully saturated rings. The van der Waals surface area contributed by atoms with Crippen molar-refractivity contribution in [2.45, 2.75) is 44.2 Å². The molecule has 0 amide bonds. The van der Waals surface area contributed by atoms with E-state index in [2.05, 4.69) is 38.0 Å². The molecule has 1 heterocycles. The van der Waals surface area contributed by atoms with Crippen LogP contribution in [0.4, 0.5) is 4.79 Å². The average molecular weight is 388 g/mol. The minimum Gasteiger partial charge on any atom is -0.497 e. The molecule has 1 aromatic heterocycles. The van der Waals surface area contributed by atoms with E-state index in [1.54, 1.807) is 11.7 Å². The lowest BCUT2D eigenvalue weighted by Crippen LogP contribution is -2.35. The van der Waals surface area contributed by atoms with Crippen LogP contribution in [0.1, 0.15) is 31.2 Å². The number of carbonyl (C=O) groups is 1. The molecule has 0 radical (unpaired) electrons. The van der Waals surface area contributed by atoms with Crippen molar-refractivity contribution in [2.24, 2.45) is 0 Å². The molecule has 6 heteroatoms. The van der Waals surface area contributed by atoms with Gasteiger partial charge >= 0.3 is 6.09 Å². The number of nitrogens with zero attached hydrogens (tertiary/aromatic N) is 3. The molecule has 1 aromatic carbocycles. The van der Waals surface area contributed by atoms with Crippen molar-refractivity contribution in [2.75, 3.05) is 41.8 Å². The number of hydrogen-bond acceptors (Lipinski definition) is 5. The first kappa shape index (κ1) is 20.7. The van der Waals surface area contributed by atoms with Crippen LogP contribution < -0.4 is 4.74 Å². The number of benzene rings is 1. The molecular formula is C22H33N3O3. The third-order valence-corrected chi connectivity index (χ3v) is 5.76. The van der Waals surface area contributed by atoms with Crippen LogP contribution in [0.3, 0.4) is 0 Å². The summed E-state index contributed by atoms with van der Waals surface area (Å²) in [5, 5.41) is 1.05. The molecule has 2 aromatic rings. The van der Waals surface area contributed by atoms with Gasteiger partial charge in [-0.15, -0.1) is 0 Å². The van der Waals surface area contributed by atoms with E-state index in [1.807, 2.05) is 24.4 Å². The van der Waals surface area contributed by atoms with Crippen molar-refractivity contribution in [1.29, 1.82) is 0 Å². The first-order valence-corrected chi connectivity index (χ1v) is 10.1. The summed E-state index contributed by atoms with van der Waals surface area (Å²) in [6, 6.07) is 6.43. The summed E-state index contributed by atoms with van der Waals surface area (Å²) in [4.78, 5) is 17.3. The summed E-state index contributed by atoms with van der Waals surface area (Å²) in [5.41, 5.74) is 2.01. The van der Waals surface area contributed by atoms with E-state index in [4.69, 9.17) is 9.47 Å². The summed E-state index contributed by atoms with van der Waals surface area (Å²) in [6.45, 7) is 0.917. The second kappa shape index (κ2) is 8.97. The van der Waals surface area contributed by atoms with Crippen molar-refractivity contribution in [3.8, 4) is 5.75 Å². The predicted octanol–water partition coefficient (Wildman–Crippen LogP) is 3.61. The molecule has 0 unspecified atom stereocenters. The fourth-order valence-electron chi connectivity index (χ4n) is 3.98. The van der Waals surface area contributed by atoms with Crippen LogP contribution >= 0.6 is 0 Å². The Morgan fingerprint density at radius 1 is 1.14 bits per heavy atom. The summed E-state index contributed by atoms with van der Waals surface area (Å²) in [5.74, 6) is 0.798. The van der Waals surface area contributed by atoms with E-state index < -0.39 is 0 Å². The van der Waals surface area contributed by atoms with E-state index in [9.17, 15) is 4.79 Å². The standard InChI is InChI=1S/C22H33N3O3/c1-23(2)13-12-16-15-25(21-11-10-19(27-5)14-20(16)21)22(26)28-18-8-6-17(7-9-18)24(3)4/h10-11,14-15,17-18H,6-9,12-13H2,1-5H3. The van der Waals surface area contributed by atoms with Gasteiger partial charge in [-0.05, 0) is 84.1 Å². The molecule has 0 saturated heterocycles. The van der Waals surface area contributed by atoms with Gasteiger partial charge in [-0.3, -0.25) is 4.57 Å². The van der Waals surface area contributed by atoms with Gasteiger partial charge in [0.2, 0.25) is 0 Å². The highest BCUT2D eigenvalue weighted by Gasteiger charge is 2.26. The number of rotatable bonds is 6. The lowest BCUT2D eigenvalue weighted by atomic mass is 9.92. The Bertz CT molecular complexity index is 805. The Labute approximate surface area is 168 Å². The topological polar surface area (TPSA) is 46.9 Å². The highest BCUT2D eigenvalue weighted by Crippen LogP contribution is 2.28. The first-order chi connectivity index (χ1) is 13.4. The maximum atomic E-state index is 12.9. The summed E-state index contributed by atoms with van der Waals surface area (Å²) in [6.07, 6.45) is 6.52. The summed E-state index contributed by atoms with van der Waals surface area (Å²) >= 11 is 0. The van der Waals surface area contributed by atoms with Crippen molar-refractivity contribution in [1.82, 2.24) is 14.4 Å². The Hall–Kier alpha value is -2.05. The van der Waals surface area contributed by atoms with E-state index in [1.165, 1.54) is 0 Å². The lowest BCUT2D eigenvalue weighted by molar-refractivity contribution is 0.0586. The SMILES string of the molecule is COc1ccc2c(c1)c(CCN(C)C)cn2C(=O)OC1CCC(N(C)C)CC1. The lowest BCUT2D eigenvalue weighted by Gasteiger charge is -2.32. The van der Waals surface area contributed by atoms with Gasteiger partial charge in [-0.1, -0.05) is 0 Å². The molecule has 0 bridgehead atoms. The Balaban J connectivity index is 1.78. The van der Waals surface area contributed by atoms with Crippen LogP contribution in [-0.2, 0) is 11.2 Å². The van der Waals surface area contributed by atoms with Crippen molar-refractivity contribution in [3.63, 3.8) is 0 Å². The van der Waals surface area contributed by atoms with Gasteiger partial charge in [0.25, 0.3) is 0 Å². The maximum Gasteiger partial charge on any atom is 0.418 e. The molecule has 3 rings (SSSR count). The fraction of sp³-hybridized carbons (Fsp3) is 0.591. The van der Waals surface area contributed by atoms with Gasteiger partial charge in [-0.25, -0.2) is 4.79 Å². The van der Waals surface area contributed by atoms with Crippen LogP contribution in [-0.4, -0.2) is 74.5 Å². The van der Waals surface area contributed by atoms with Gasteiger partial charge in [-0.2, -0.15) is 0 Å². The van der Waals surface area contributed by atoms with Gasteiger partial charge in [0.05, 0.1) is 12.6 Å². The number of carbonyl (C=O) groups excluding carboxylic acids is 1. The minimum absolute atomic E-state index is 0.00428. The van der Waals surface area contributed by atoms with Crippen LogP contribution in [0.15, 0.2) is 24.4 Å². The highest BCUT2D eigenvalue weighted by atomic mass is 16.6. The summed E-state index contributed by atoms with van der Waals surface area (Å²) in [7, 11) is 10.0. The third kappa shape index (κ3) is 4.67. The number of ether oxygens (including phenoxy) is 2. The summed E-state index contributed by atoms with van der Waals surface area (Å²) < 4.78 is 12.9. The smallest absolute Gasteiger partial charge is 0.418 e. The number of likely N-dealkylation sites (N-methyl/N-ethyl adjacent to an activating group) is 1. The molecule has 0 N–H and O–H groups in total. The van der Waals surface area contributed by atoms with Crippen LogP contribution in [0.5, 0.6) is 5.75 Å². The Morgan fingerprint density at radius 2 is 1.86 bits per heavy atom. The van der Waals surface area contributed by atoms with Gasteiger partial charge in [0.1, 0.15) is 11.9 Å². The second-order valence-corrected chi connectivity index (χ2v) is 8.24. The molecule has 28 heavy (non-hydrogen) atoms. The molecule has 0 aliphatic heterocycles. The molecule has 1 saturated carbocycles. The van der Waals surface area contributed by atoms with Crippen molar-refractivity contribution < 1.29 is 14.3 Å². The van der Waals surface area contributed by atoms with Crippen molar-refractivity contribution >= 4 is 17.0 Å². The highest BCUT2D eigenvalue weighted by molar-refractivity contribution is 5.92. The number of fused-ring (bicyclic) bond motifs is 1. The molecule has 154 valence electrons. The maximum absolute atomic E-state index is 12.9. The molecule has 0 atom stereocenters. The molecular weight excluding hydrogens is 354 g/mol. The quantitative estimate of drug-likeness (QED) is 0.758. The molecule has 1 aliphatic rings. The molecule has 0 spiro atoms. The number of hydrogen-bond donors (Lipinski definition) is 0. The van der Waals surface area contributed by atoms with Crippen LogP contribution in [0.25, 0.3) is 10.9 Å². The monoisotopic (exact) mass is 387 g/mol. The van der Waals surface area contributed by atoms with E-state index >= 15 is 0 Å². The first-order valence-electron chi connectivity index (χ1n) is 10.1. The largest absolute Gasteiger partial charge is 0.497 e. The zero-order valence-electron chi connectivity index (χ0n) is 17.8. The van der Waals surface area contributed by atoms with Gasteiger partial charge in [0.15, 0.2) is 0 Å². The third-order valence-electron chi connectivity index (χ3n) is 5.76.